The standard InChI is InChI=1S/C16H18O2/c1-3-14(17)16(13-9-5-4-6-10-13)12-8-7-11-15(16,2)18/h4-12,18H,3H2,1-2H3. The maximum absolute atomic E-state index is 12.5. The van der Waals surface area contributed by atoms with Gasteiger partial charge >= 0.3 is 0 Å². The summed E-state index contributed by atoms with van der Waals surface area (Å²) in [6.07, 6.45) is 7.51. The molecule has 2 rings (SSSR count). The zero-order valence-electron chi connectivity index (χ0n) is 10.8. The summed E-state index contributed by atoms with van der Waals surface area (Å²) < 4.78 is 0. The lowest BCUT2D eigenvalue weighted by atomic mass is 9.63. The molecule has 0 saturated heterocycles. The van der Waals surface area contributed by atoms with Crippen molar-refractivity contribution < 1.29 is 9.90 Å². The zero-order chi connectivity index (χ0) is 13.2. The first-order valence-corrected chi connectivity index (χ1v) is 6.23. The molecule has 1 aliphatic rings. The smallest absolute Gasteiger partial charge is 0.150 e. The van der Waals surface area contributed by atoms with Gasteiger partial charge in [-0.15, -0.1) is 0 Å². The molecule has 0 radical (unpaired) electrons. The van der Waals surface area contributed by atoms with E-state index in [1.54, 1.807) is 19.1 Å². The summed E-state index contributed by atoms with van der Waals surface area (Å²) in [6.45, 7) is 3.52. The van der Waals surface area contributed by atoms with Crippen molar-refractivity contribution in [2.45, 2.75) is 31.3 Å². The molecule has 0 amide bonds. The van der Waals surface area contributed by atoms with Gasteiger partial charge in [0.1, 0.15) is 16.8 Å². The molecule has 0 bridgehead atoms. The molecule has 18 heavy (non-hydrogen) atoms. The topological polar surface area (TPSA) is 37.3 Å². The van der Waals surface area contributed by atoms with E-state index in [2.05, 4.69) is 0 Å². The van der Waals surface area contributed by atoms with E-state index in [-0.39, 0.29) is 5.78 Å². The fourth-order valence-electron chi connectivity index (χ4n) is 2.65. The molecule has 0 aromatic heterocycles. The largest absolute Gasteiger partial charge is 0.384 e. The number of benzene rings is 1. The van der Waals surface area contributed by atoms with E-state index in [4.69, 9.17) is 0 Å². The quantitative estimate of drug-likeness (QED) is 0.885. The monoisotopic (exact) mass is 242 g/mol. The van der Waals surface area contributed by atoms with Crippen molar-refractivity contribution in [2.24, 2.45) is 0 Å². The Labute approximate surface area is 108 Å². The van der Waals surface area contributed by atoms with E-state index in [1.165, 1.54) is 0 Å². The molecule has 2 heteroatoms. The Balaban J connectivity index is 2.66. The average molecular weight is 242 g/mol. The van der Waals surface area contributed by atoms with Crippen LogP contribution in [0.1, 0.15) is 25.8 Å². The van der Waals surface area contributed by atoms with Crippen molar-refractivity contribution >= 4 is 5.78 Å². The van der Waals surface area contributed by atoms with Crippen LogP contribution in [0.25, 0.3) is 0 Å². The Morgan fingerprint density at radius 2 is 1.78 bits per heavy atom. The maximum atomic E-state index is 12.5. The van der Waals surface area contributed by atoms with Crippen molar-refractivity contribution in [3.05, 3.63) is 60.2 Å². The number of rotatable bonds is 3. The number of carbonyl (C=O) groups is 1. The lowest BCUT2D eigenvalue weighted by Crippen LogP contribution is -2.53. The molecule has 1 aliphatic carbocycles. The third-order valence-corrected chi connectivity index (χ3v) is 3.67. The van der Waals surface area contributed by atoms with Crippen molar-refractivity contribution in [2.75, 3.05) is 0 Å². The minimum absolute atomic E-state index is 0.0271. The molecular weight excluding hydrogens is 224 g/mol. The zero-order valence-corrected chi connectivity index (χ0v) is 10.8. The van der Waals surface area contributed by atoms with Crippen LogP contribution in [0.4, 0.5) is 0 Å². The molecule has 2 atom stereocenters. The minimum atomic E-state index is -1.20. The molecule has 94 valence electrons. The number of ketones is 1. The summed E-state index contributed by atoms with van der Waals surface area (Å²) in [5, 5.41) is 10.7. The van der Waals surface area contributed by atoms with Gasteiger partial charge in [-0.3, -0.25) is 4.79 Å². The average Bonchev–Trinajstić information content (AvgIpc) is 2.38. The highest BCUT2D eigenvalue weighted by Gasteiger charge is 2.50. The Morgan fingerprint density at radius 3 is 2.33 bits per heavy atom. The third kappa shape index (κ3) is 1.73. The van der Waals surface area contributed by atoms with Crippen molar-refractivity contribution in [1.29, 1.82) is 0 Å². The molecule has 1 aromatic rings. The Kier molecular flexibility index (Phi) is 3.22. The molecule has 2 nitrogen and oxygen atoms in total. The highest BCUT2D eigenvalue weighted by atomic mass is 16.3. The van der Waals surface area contributed by atoms with Gasteiger partial charge in [-0.2, -0.15) is 0 Å². The van der Waals surface area contributed by atoms with E-state index >= 15 is 0 Å². The fraction of sp³-hybridized carbons (Fsp3) is 0.312. The van der Waals surface area contributed by atoms with Gasteiger partial charge in [-0.25, -0.2) is 0 Å². The van der Waals surface area contributed by atoms with E-state index in [1.807, 2.05) is 49.4 Å². The number of carbonyl (C=O) groups excluding carboxylic acids is 1. The SMILES string of the molecule is CCC(=O)C1(c2ccccc2)C=CC=CC1(C)O. The van der Waals surface area contributed by atoms with Gasteiger partial charge in [0.15, 0.2) is 0 Å². The lowest BCUT2D eigenvalue weighted by Gasteiger charge is -2.42. The lowest BCUT2D eigenvalue weighted by molar-refractivity contribution is -0.128. The fourth-order valence-corrected chi connectivity index (χ4v) is 2.65. The first-order chi connectivity index (χ1) is 8.54. The van der Waals surface area contributed by atoms with Gasteiger partial charge in [0.2, 0.25) is 0 Å². The van der Waals surface area contributed by atoms with Gasteiger partial charge in [0.05, 0.1) is 0 Å². The Bertz CT molecular complexity index is 497. The molecule has 0 aliphatic heterocycles. The highest BCUT2D eigenvalue weighted by Crippen LogP contribution is 2.41. The number of aliphatic hydroxyl groups is 1. The summed E-state index contributed by atoms with van der Waals surface area (Å²) in [4.78, 5) is 12.5. The number of hydrogen-bond donors (Lipinski definition) is 1. The summed E-state index contributed by atoms with van der Waals surface area (Å²) >= 11 is 0. The van der Waals surface area contributed by atoms with Crippen LogP contribution < -0.4 is 0 Å². The maximum Gasteiger partial charge on any atom is 0.150 e. The predicted molar refractivity (Wildman–Crippen MR) is 72.3 cm³/mol. The van der Waals surface area contributed by atoms with Crippen LogP contribution in [-0.4, -0.2) is 16.5 Å². The second-order valence-corrected chi connectivity index (χ2v) is 4.82. The molecular formula is C16H18O2. The van der Waals surface area contributed by atoms with E-state index in [0.717, 1.165) is 5.56 Å². The van der Waals surface area contributed by atoms with E-state index in [9.17, 15) is 9.90 Å². The Morgan fingerprint density at radius 1 is 1.17 bits per heavy atom. The molecule has 1 N–H and O–H groups in total. The number of allylic oxidation sites excluding steroid dienone is 2. The summed E-state index contributed by atoms with van der Waals surface area (Å²) in [5.41, 5.74) is -1.34. The Hall–Kier alpha value is -1.67. The minimum Gasteiger partial charge on any atom is -0.384 e. The molecule has 0 saturated carbocycles. The van der Waals surface area contributed by atoms with Crippen molar-refractivity contribution in [3.63, 3.8) is 0 Å². The molecule has 0 spiro atoms. The molecule has 1 aromatic carbocycles. The molecule has 0 heterocycles. The van der Waals surface area contributed by atoms with Gasteiger partial charge < -0.3 is 5.11 Å². The number of Topliss-reactive ketones (excluding diaryl/α,β-unsaturated/α-hetero) is 1. The van der Waals surface area contributed by atoms with Crippen LogP contribution in [0.5, 0.6) is 0 Å². The summed E-state index contributed by atoms with van der Waals surface area (Å²) in [7, 11) is 0. The van der Waals surface area contributed by atoms with Crippen LogP contribution in [-0.2, 0) is 10.2 Å². The van der Waals surface area contributed by atoms with E-state index < -0.39 is 11.0 Å². The van der Waals surface area contributed by atoms with Gasteiger partial charge in [-0.1, -0.05) is 61.6 Å². The second kappa shape index (κ2) is 4.54. The van der Waals surface area contributed by atoms with Crippen LogP contribution >= 0.6 is 0 Å². The molecule has 2 unspecified atom stereocenters. The van der Waals surface area contributed by atoms with Crippen LogP contribution in [0.3, 0.4) is 0 Å². The van der Waals surface area contributed by atoms with Crippen molar-refractivity contribution in [3.8, 4) is 0 Å². The first-order valence-electron chi connectivity index (χ1n) is 6.23. The molecule has 0 fully saturated rings. The predicted octanol–water partition coefficient (Wildman–Crippen LogP) is 2.78. The van der Waals surface area contributed by atoms with Crippen LogP contribution in [0.15, 0.2) is 54.6 Å². The third-order valence-electron chi connectivity index (χ3n) is 3.67. The second-order valence-electron chi connectivity index (χ2n) is 4.82. The van der Waals surface area contributed by atoms with Gasteiger partial charge in [0, 0.05) is 6.42 Å². The van der Waals surface area contributed by atoms with Crippen LogP contribution in [0, 0.1) is 0 Å². The number of hydrogen-bond acceptors (Lipinski definition) is 2. The van der Waals surface area contributed by atoms with Crippen molar-refractivity contribution in [1.82, 2.24) is 0 Å². The first kappa shape index (κ1) is 12.8. The van der Waals surface area contributed by atoms with Gasteiger partial charge in [0.25, 0.3) is 0 Å². The van der Waals surface area contributed by atoms with Gasteiger partial charge in [-0.05, 0) is 12.5 Å². The van der Waals surface area contributed by atoms with E-state index in [0.29, 0.717) is 6.42 Å². The normalized spacial score (nSPS) is 30.4. The highest BCUT2D eigenvalue weighted by molar-refractivity contribution is 5.94. The summed E-state index contributed by atoms with van der Waals surface area (Å²) in [6, 6.07) is 9.48. The van der Waals surface area contributed by atoms with Crippen LogP contribution in [0.2, 0.25) is 0 Å². The summed E-state index contributed by atoms with van der Waals surface area (Å²) in [5.74, 6) is 0.0271.